The fourth-order valence-corrected chi connectivity index (χ4v) is 5.24. The van der Waals surface area contributed by atoms with Gasteiger partial charge in [-0.1, -0.05) is 30.3 Å². The second-order valence-corrected chi connectivity index (χ2v) is 8.54. The summed E-state index contributed by atoms with van der Waals surface area (Å²) in [5, 5.41) is 0. The van der Waals surface area contributed by atoms with Crippen molar-refractivity contribution in [3.63, 3.8) is 0 Å². The lowest BCUT2D eigenvalue weighted by Crippen LogP contribution is -2.16. The minimum atomic E-state index is -3.97. The van der Waals surface area contributed by atoms with Crippen LogP contribution in [0.5, 0.6) is 0 Å². The van der Waals surface area contributed by atoms with Crippen LogP contribution < -0.4 is 0 Å². The molecule has 0 aliphatic heterocycles. The first kappa shape index (κ1) is 17.2. The van der Waals surface area contributed by atoms with Crippen molar-refractivity contribution < 1.29 is 26.4 Å². The van der Waals surface area contributed by atoms with Gasteiger partial charge in [0, 0.05) is 0 Å². The summed E-state index contributed by atoms with van der Waals surface area (Å²) in [5.74, 6) is -0.493. The molecule has 0 aliphatic rings. The van der Waals surface area contributed by atoms with E-state index in [4.69, 9.17) is 0 Å². The number of carbonyl (C=O) groups is 1. The van der Waals surface area contributed by atoms with Gasteiger partial charge in [-0.25, -0.2) is 16.8 Å². The second-order valence-electron chi connectivity index (χ2n) is 4.55. The highest BCUT2D eigenvalue weighted by molar-refractivity contribution is 7.94. The van der Waals surface area contributed by atoms with Crippen LogP contribution in [0.1, 0.15) is 0 Å². The van der Waals surface area contributed by atoms with Crippen LogP contribution in [-0.2, 0) is 29.2 Å². The lowest BCUT2D eigenvalue weighted by atomic mass is 10.4. The van der Waals surface area contributed by atoms with E-state index >= 15 is 0 Å². The van der Waals surface area contributed by atoms with Crippen molar-refractivity contribution in [2.45, 2.75) is 14.7 Å². The monoisotopic (exact) mass is 354 g/mol. The number of carbonyl (C=O) groups excluding carboxylic acids is 1. The summed E-state index contributed by atoms with van der Waals surface area (Å²) in [5.41, 5.74) is 0. The Hall–Kier alpha value is -2.19. The molecule has 122 valence electrons. The number of hydrogen-bond acceptors (Lipinski definition) is 6. The van der Waals surface area contributed by atoms with Crippen molar-refractivity contribution in [2.75, 3.05) is 12.4 Å². The van der Waals surface area contributed by atoms with Crippen LogP contribution in [-0.4, -0.2) is 35.7 Å². The summed E-state index contributed by atoms with van der Waals surface area (Å²) >= 11 is 0. The van der Waals surface area contributed by atoms with Gasteiger partial charge in [0.1, 0.15) is 6.61 Å². The highest BCUT2D eigenvalue weighted by Gasteiger charge is 2.27. The van der Waals surface area contributed by atoms with E-state index in [1.807, 2.05) is 0 Å². The van der Waals surface area contributed by atoms with Gasteiger partial charge in [-0.05, 0) is 24.3 Å². The molecule has 0 unspecified atom stereocenters. The van der Waals surface area contributed by atoms with Gasteiger partial charge in [0.15, 0.2) is 9.84 Å². The molecule has 0 aliphatic carbocycles. The van der Waals surface area contributed by atoms with Gasteiger partial charge < -0.3 is 4.74 Å². The van der Waals surface area contributed by atoms with Gasteiger partial charge in [-0.3, -0.25) is 4.79 Å². The van der Waals surface area contributed by atoms with Crippen molar-refractivity contribution >= 4 is 26.1 Å². The lowest BCUT2D eigenvalue weighted by molar-refractivity contribution is -0.128. The third-order valence-corrected chi connectivity index (χ3v) is 6.75. The Bertz CT molecular complexity index is 887. The third-order valence-electron chi connectivity index (χ3n) is 3.07. The smallest absolute Gasteiger partial charge is 0.293 e. The number of benzene rings is 2. The molecular weight excluding hydrogens is 340 g/mol. The van der Waals surface area contributed by atoms with E-state index in [2.05, 4.69) is 4.74 Å². The molecule has 0 bridgehead atoms. The average Bonchev–Trinajstić information content (AvgIpc) is 2.56. The Kier molecular flexibility index (Phi) is 5.17. The van der Waals surface area contributed by atoms with Crippen molar-refractivity contribution in [1.29, 1.82) is 0 Å². The molecule has 0 spiro atoms. The number of ether oxygens (including phenoxy) is 1. The molecule has 8 heteroatoms. The summed E-state index contributed by atoms with van der Waals surface area (Å²) in [6, 6.07) is 12.9. The van der Waals surface area contributed by atoms with Gasteiger partial charge >= 0.3 is 0 Å². The Morgan fingerprint density at radius 2 is 1.39 bits per heavy atom. The lowest BCUT2D eigenvalue weighted by Gasteiger charge is -2.11. The zero-order valence-electron chi connectivity index (χ0n) is 12.0. The van der Waals surface area contributed by atoms with Crippen LogP contribution in [0.4, 0.5) is 0 Å². The summed E-state index contributed by atoms with van der Waals surface area (Å²) in [6.07, 6.45) is 0. The minimum Gasteiger partial charge on any atom is -0.467 e. The van der Waals surface area contributed by atoms with Crippen LogP contribution in [0, 0.1) is 0 Å². The molecule has 2 aromatic rings. The van der Waals surface area contributed by atoms with Gasteiger partial charge in [0.25, 0.3) is 6.47 Å². The first-order chi connectivity index (χ1) is 10.9. The van der Waals surface area contributed by atoms with E-state index in [1.54, 1.807) is 18.2 Å². The Balaban J connectivity index is 2.52. The molecular formula is C15H14O6S2. The molecule has 2 rings (SSSR count). The van der Waals surface area contributed by atoms with E-state index in [1.165, 1.54) is 36.4 Å². The quantitative estimate of drug-likeness (QED) is 0.552. The zero-order chi connectivity index (χ0) is 16.9. The maximum Gasteiger partial charge on any atom is 0.293 e. The van der Waals surface area contributed by atoms with E-state index in [0.717, 1.165) is 0 Å². The average molecular weight is 354 g/mol. The molecule has 6 nitrogen and oxygen atoms in total. The zero-order valence-corrected chi connectivity index (χ0v) is 13.6. The van der Waals surface area contributed by atoms with E-state index in [9.17, 15) is 21.6 Å². The summed E-state index contributed by atoms with van der Waals surface area (Å²) < 4.78 is 54.4. The van der Waals surface area contributed by atoms with Gasteiger partial charge in [0.2, 0.25) is 9.84 Å². The first-order valence-corrected chi connectivity index (χ1v) is 9.70. The largest absolute Gasteiger partial charge is 0.467 e. The molecule has 0 saturated carbocycles. The Labute approximate surface area is 134 Å². The first-order valence-electron chi connectivity index (χ1n) is 6.57. The van der Waals surface area contributed by atoms with Crippen molar-refractivity contribution in [1.82, 2.24) is 0 Å². The second kappa shape index (κ2) is 6.93. The fraction of sp³-hybridized carbons (Fsp3) is 0.133. The van der Waals surface area contributed by atoms with Crippen LogP contribution in [0.15, 0.2) is 69.3 Å². The summed E-state index contributed by atoms with van der Waals surface area (Å²) in [7, 11) is -7.89. The van der Waals surface area contributed by atoms with Gasteiger partial charge in [-0.15, -0.1) is 0 Å². The number of sulfone groups is 2. The van der Waals surface area contributed by atoms with E-state index in [0.29, 0.717) is 0 Å². The fourth-order valence-electron chi connectivity index (χ4n) is 1.97. The maximum atomic E-state index is 12.7. The predicted octanol–water partition coefficient (Wildman–Crippen LogP) is 1.47. The van der Waals surface area contributed by atoms with Crippen molar-refractivity contribution in [3.8, 4) is 0 Å². The van der Waals surface area contributed by atoms with Gasteiger partial charge in [-0.2, -0.15) is 0 Å². The normalized spacial score (nSPS) is 11.8. The van der Waals surface area contributed by atoms with Crippen LogP contribution in [0.25, 0.3) is 0 Å². The molecule has 0 N–H and O–H groups in total. The number of rotatable bonds is 7. The van der Waals surface area contributed by atoms with E-state index < -0.39 is 25.4 Å². The Morgan fingerprint density at radius 3 is 2.00 bits per heavy atom. The highest BCUT2D eigenvalue weighted by Crippen LogP contribution is 2.27. The van der Waals surface area contributed by atoms with Crippen molar-refractivity contribution in [3.05, 3.63) is 54.6 Å². The van der Waals surface area contributed by atoms with Crippen LogP contribution >= 0.6 is 0 Å². The van der Waals surface area contributed by atoms with E-state index in [-0.39, 0.29) is 27.8 Å². The molecule has 0 fully saturated rings. The Morgan fingerprint density at radius 1 is 0.826 bits per heavy atom. The third kappa shape index (κ3) is 3.77. The molecule has 0 radical (unpaired) electrons. The van der Waals surface area contributed by atoms with Crippen molar-refractivity contribution in [2.24, 2.45) is 0 Å². The molecule has 0 saturated heterocycles. The molecule has 0 atom stereocenters. The predicted molar refractivity (Wildman–Crippen MR) is 82.4 cm³/mol. The summed E-state index contributed by atoms with van der Waals surface area (Å²) in [6.45, 7) is -0.201. The molecule has 0 amide bonds. The summed E-state index contributed by atoms with van der Waals surface area (Å²) in [4.78, 5) is 9.53. The highest BCUT2D eigenvalue weighted by atomic mass is 32.2. The van der Waals surface area contributed by atoms with Crippen LogP contribution in [0.2, 0.25) is 0 Å². The minimum absolute atomic E-state index is 0.00629. The maximum absolute atomic E-state index is 12.7. The molecule has 0 aromatic heterocycles. The van der Waals surface area contributed by atoms with Crippen LogP contribution in [0.3, 0.4) is 0 Å². The molecule has 2 aromatic carbocycles. The number of hydrogen-bond donors (Lipinski definition) is 0. The topological polar surface area (TPSA) is 94.6 Å². The van der Waals surface area contributed by atoms with Gasteiger partial charge in [0.05, 0.1) is 20.4 Å². The molecule has 23 heavy (non-hydrogen) atoms. The molecule has 0 heterocycles. The standard InChI is InChI=1S/C15H14O6S2/c16-12-21-10-11-22(17,18)14-8-4-5-9-15(14)23(19,20)13-6-2-1-3-7-13/h1-9,12H,10-11H2. The SMILES string of the molecule is O=COCCS(=O)(=O)c1ccccc1S(=O)(=O)c1ccccc1.